The molecule has 0 spiro atoms. The van der Waals surface area contributed by atoms with Gasteiger partial charge in [-0.15, -0.1) is 0 Å². The molecule has 1 aromatic rings. The first-order valence-corrected chi connectivity index (χ1v) is 8.29. The molecular formula is C12H17BrN2O3S. The molecule has 19 heavy (non-hydrogen) atoms. The maximum Gasteiger partial charge on any atom is 0.243 e. The van der Waals surface area contributed by atoms with Gasteiger partial charge in [-0.2, -0.15) is 4.31 Å². The highest BCUT2D eigenvalue weighted by Gasteiger charge is 2.32. The number of aliphatic hydroxyl groups excluding tert-OH is 1. The highest BCUT2D eigenvalue weighted by molar-refractivity contribution is 9.10. The second kappa shape index (κ2) is 5.40. The van der Waals surface area contributed by atoms with E-state index in [1.807, 2.05) is 6.92 Å². The van der Waals surface area contributed by atoms with Crippen molar-refractivity contribution in [2.45, 2.75) is 24.3 Å². The van der Waals surface area contributed by atoms with Gasteiger partial charge < -0.3 is 10.8 Å². The van der Waals surface area contributed by atoms with Gasteiger partial charge in [-0.05, 0) is 46.5 Å². The van der Waals surface area contributed by atoms with Gasteiger partial charge in [-0.1, -0.05) is 6.92 Å². The van der Waals surface area contributed by atoms with Gasteiger partial charge in [-0.25, -0.2) is 8.42 Å². The molecule has 106 valence electrons. The first kappa shape index (κ1) is 14.8. The van der Waals surface area contributed by atoms with E-state index in [1.165, 1.54) is 16.4 Å². The van der Waals surface area contributed by atoms with E-state index < -0.39 is 16.1 Å². The van der Waals surface area contributed by atoms with E-state index in [2.05, 4.69) is 15.9 Å². The van der Waals surface area contributed by atoms with Crippen molar-refractivity contribution in [3.8, 4) is 0 Å². The Bertz CT molecular complexity index is 576. The average Bonchev–Trinajstić information content (AvgIpc) is 2.35. The first-order chi connectivity index (χ1) is 8.82. The lowest BCUT2D eigenvalue weighted by Crippen LogP contribution is -2.45. The molecule has 0 radical (unpaired) electrons. The van der Waals surface area contributed by atoms with Crippen LogP contribution in [-0.4, -0.2) is 37.0 Å². The second-order valence-electron chi connectivity index (χ2n) is 4.88. The topological polar surface area (TPSA) is 83.6 Å². The van der Waals surface area contributed by atoms with Crippen LogP contribution in [-0.2, 0) is 10.0 Å². The summed E-state index contributed by atoms with van der Waals surface area (Å²) in [7, 11) is -3.59. The Labute approximate surface area is 121 Å². The third-order valence-electron chi connectivity index (χ3n) is 3.49. The van der Waals surface area contributed by atoms with Crippen molar-refractivity contribution in [3.05, 3.63) is 22.7 Å². The zero-order valence-electron chi connectivity index (χ0n) is 10.6. The molecule has 1 aromatic carbocycles. The van der Waals surface area contributed by atoms with Crippen molar-refractivity contribution in [2.24, 2.45) is 5.92 Å². The molecule has 3 N–H and O–H groups in total. The van der Waals surface area contributed by atoms with Crippen molar-refractivity contribution in [2.75, 3.05) is 18.8 Å². The summed E-state index contributed by atoms with van der Waals surface area (Å²) in [6.07, 6.45) is 0.0446. The summed E-state index contributed by atoms with van der Waals surface area (Å²) in [4.78, 5) is 0.162. The van der Waals surface area contributed by atoms with Crippen LogP contribution in [0.4, 0.5) is 5.69 Å². The summed E-state index contributed by atoms with van der Waals surface area (Å²) in [5.74, 6) is 0.126. The molecular weight excluding hydrogens is 332 g/mol. The van der Waals surface area contributed by atoms with Gasteiger partial charge in [0.2, 0.25) is 10.0 Å². The molecule has 2 rings (SSSR count). The van der Waals surface area contributed by atoms with Crippen LogP contribution in [0.15, 0.2) is 27.6 Å². The number of nitrogen functional groups attached to an aromatic ring is 1. The van der Waals surface area contributed by atoms with Gasteiger partial charge in [0.1, 0.15) is 0 Å². The zero-order valence-corrected chi connectivity index (χ0v) is 13.0. The fourth-order valence-corrected chi connectivity index (χ4v) is 3.82. The molecule has 0 amide bonds. The number of hydrogen-bond donors (Lipinski definition) is 2. The van der Waals surface area contributed by atoms with Gasteiger partial charge in [0, 0.05) is 23.2 Å². The molecule has 1 saturated heterocycles. The van der Waals surface area contributed by atoms with E-state index in [0.29, 0.717) is 23.1 Å². The number of rotatable bonds is 2. The molecule has 1 fully saturated rings. The summed E-state index contributed by atoms with van der Waals surface area (Å²) in [6.45, 7) is 2.49. The van der Waals surface area contributed by atoms with Crippen LogP contribution in [0.5, 0.6) is 0 Å². The second-order valence-corrected chi connectivity index (χ2v) is 7.67. The largest absolute Gasteiger partial charge is 0.398 e. The zero-order chi connectivity index (χ0) is 14.2. The van der Waals surface area contributed by atoms with Gasteiger partial charge in [-0.3, -0.25) is 0 Å². The van der Waals surface area contributed by atoms with E-state index in [9.17, 15) is 13.5 Å². The Morgan fingerprint density at radius 2 is 2.16 bits per heavy atom. The van der Waals surface area contributed by atoms with E-state index in [1.54, 1.807) is 6.07 Å². The maximum absolute atomic E-state index is 12.4. The summed E-state index contributed by atoms with van der Waals surface area (Å²) >= 11 is 3.24. The highest BCUT2D eigenvalue weighted by atomic mass is 79.9. The van der Waals surface area contributed by atoms with Crippen LogP contribution >= 0.6 is 15.9 Å². The molecule has 1 heterocycles. The third kappa shape index (κ3) is 2.94. The molecule has 0 saturated carbocycles. The molecule has 0 bridgehead atoms. The van der Waals surface area contributed by atoms with Crippen LogP contribution in [0.2, 0.25) is 0 Å². The summed E-state index contributed by atoms with van der Waals surface area (Å²) in [5.41, 5.74) is 6.10. The van der Waals surface area contributed by atoms with E-state index >= 15 is 0 Å². The summed E-state index contributed by atoms with van der Waals surface area (Å²) in [5, 5.41) is 9.82. The molecule has 5 nitrogen and oxygen atoms in total. The normalized spacial score (nSPS) is 25.4. The Morgan fingerprint density at radius 3 is 2.74 bits per heavy atom. The first-order valence-electron chi connectivity index (χ1n) is 6.05. The number of hydrogen-bond acceptors (Lipinski definition) is 4. The third-order valence-corrected chi connectivity index (χ3v) is 6.07. The molecule has 2 atom stereocenters. The SMILES string of the molecule is CC1CCN(S(=O)(=O)c2ccc(Br)c(N)c2)CC1O. The molecule has 1 aliphatic heterocycles. The molecule has 0 aromatic heterocycles. The Morgan fingerprint density at radius 1 is 1.47 bits per heavy atom. The van der Waals surface area contributed by atoms with Crippen LogP contribution < -0.4 is 5.73 Å². The van der Waals surface area contributed by atoms with Crippen molar-refractivity contribution in [1.29, 1.82) is 0 Å². The number of sulfonamides is 1. The van der Waals surface area contributed by atoms with Crippen LogP contribution in [0.25, 0.3) is 0 Å². The number of aliphatic hydroxyl groups is 1. The quantitative estimate of drug-likeness (QED) is 0.791. The predicted molar refractivity (Wildman–Crippen MR) is 77.1 cm³/mol. The molecule has 1 aliphatic rings. The monoisotopic (exact) mass is 348 g/mol. The number of β-amino-alcohol motifs (C(OH)–C–C–N with tert-alkyl or cyclic N) is 1. The number of piperidine rings is 1. The van der Waals surface area contributed by atoms with E-state index in [0.717, 1.165) is 0 Å². The molecule has 2 unspecified atom stereocenters. The number of nitrogens with zero attached hydrogens (tertiary/aromatic N) is 1. The van der Waals surface area contributed by atoms with Crippen molar-refractivity contribution < 1.29 is 13.5 Å². The molecule has 7 heteroatoms. The van der Waals surface area contributed by atoms with Crippen molar-refractivity contribution in [1.82, 2.24) is 4.31 Å². The fraction of sp³-hybridized carbons (Fsp3) is 0.500. The minimum atomic E-state index is -3.59. The number of anilines is 1. The summed E-state index contributed by atoms with van der Waals surface area (Å²) < 4.78 is 26.9. The Balaban J connectivity index is 2.29. The Hall–Kier alpha value is -0.630. The smallest absolute Gasteiger partial charge is 0.243 e. The van der Waals surface area contributed by atoms with Crippen LogP contribution in [0.3, 0.4) is 0 Å². The number of nitrogens with two attached hydrogens (primary N) is 1. The highest BCUT2D eigenvalue weighted by Crippen LogP contribution is 2.27. The Kier molecular flexibility index (Phi) is 4.20. The fourth-order valence-electron chi connectivity index (χ4n) is 2.07. The minimum Gasteiger partial charge on any atom is -0.398 e. The lowest BCUT2D eigenvalue weighted by Gasteiger charge is -2.33. The lowest BCUT2D eigenvalue weighted by molar-refractivity contribution is 0.0605. The number of halogens is 1. The van der Waals surface area contributed by atoms with Crippen molar-refractivity contribution in [3.63, 3.8) is 0 Å². The van der Waals surface area contributed by atoms with Gasteiger partial charge in [0.05, 0.1) is 11.0 Å². The molecule has 0 aliphatic carbocycles. The maximum atomic E-state index is 12.4. The van der Waals surface area contributed by atoms with Gasteiger partial charge in [0.15, 0.2) is 0 Å². The van der Waals surface area contributed by atoms with E-state index in [-0.39, 0.29) is 17.4 Å². The number of benzene rings is 1. The summed E-state index contributed by atoms with van der Waals surface area (Å²) in [6, 6.07) is 4.56. The van der Waals surface area contributed by atoms with Gasteiger partial charge >= 0.3 is 0 Å². The standard InChI is InChI=1S/C12H17BrN2O3S/c1-8-4-5-15(7-12(8)16)19(17,18)9-2-3-10(13)11(14)6-9/h2-3,6,8,12,16H,4-5,7,14H2,1H3. The van der Waals surface area contributed by atoms with Crippen LogP contribution in [0, 0.1) is 5.92 Å². The van der Waals surface area contributed by atoms with Crippen LogP contribution in [0.1, 0.15) is 13.3 Å². The van der Waals surface area contributed by atoms with Crippen molar-refractivity contribution >= 4 is 31.6 Å². The van der Waals surface area contributed by atoms with Gasteiger partial charge in [0.25, 0.3) is 0 Å². The van der Waals surface area contributed by atoms with E-state index in [4.69, 9.17) is 5.73 Å². The lowest BCUT2D eigenvalue weighted by atomic mass is 9.98. The predicted octanol–water partition coefficient (Wildman–Crippen LogP) is 1.42. The minimum absolute atomic E-state index is 0.126. The average molecular weight is 349 g/mol.